The molecule has 0 bridgehead atoms. The zero-order chi connectivity index (χ0) is 9.72. The smallest absolute Gasteiger partial charge is 0.360 e. The number of rotatable bonds is 3. The molecule has 0 atom stereocenters. The van der Waals surface area contributed by atoms with Gasteiger partial charge in [-0.25, -0.2) is 4.79 Å². The van der Waals surface area contributed by atoms with Gasteiger partial charge in [-0.2, -0.15) is 0 Å². The van der Waals surface area contributed by atoms with Gasteiger partial charge in [0, 0.05) is 5.92 Å². The first-order valence-electron chi connectivity index (χ1n) is 3.22. The quantitative estimate of drug-likeness (QED) is 0.327. The number of nitrogens with zero attached hydrogens (tertiary/aromatic N) is 2. The molecule has 0 aromatic carbocycles. The zero-order valence-corrected chi connectivity index (χ0v) is 6.72. The Hall–Kier alpha value is -1.59. The molecule has 6 heteroatoms. The topological polar surface area (TPSA) is 102 Å². The summed E-state index contributed by atoms with van der Waals surface area (Å²) >= 11 is 0. The molecule has 0 fully saturated rings. The van der Waals surface area contributed by atoms with Crippen molar-refractivity contribution >= 4 is 17.4 Å². The molecule has 0 aliphatic carbocycles. The van der Waals surface area contributed by atoms with Crippen molar-refractivity contribution in [3.63, 3.8) is 0 Å². The van der Waals surface area contributed by atoms with E-state index in [-0.39, 0.29) is 11.6 Å². The van der Waals surface area contributed by atoms with Crippen LogP contribution in [0, 0.1) is 5.92 Å². The molecule has 0 unspecified atom stereocenters. The fourth-order valence-electron chi connectivity index (χ4n) is 0.640. The highest BCUT2D eigenvalue weighted by Crippen LogP contribution is 1.99. The van der Waals surface area contributed by atoms with Crippen molar-refractivity contribution in [3.05, 3.63) is 0 Å². The number of hydrogen-bond acceptors (Lipinski definition) is 5. The molecule has 0 aromatic heterocycles. The molecule has 0 radical (unpaired) electrons. The van der Waals surface area contributed by atoms with E-state index in [1.807, 2.05) is 0 Å². The Morgan fingerprint density at radius 3 is 1.83 bits per heavy atom. The number of carboxylic acid groups (broad SMARTS) is 1. The van der Waals surface area contributed by atoms with E-state index in [0.29, 0.717) is 0 Å². The van der Waals surface area contributed by atoms with Crippen LogP contribution in [0.3, 0.4) is 0 Å². The van der Waals surface area contributed by atoms with E-state index in [4.69, 9.17) is 15.5 Å². The van der Waals surface area contributed by atoms with Crippen molar-refractivity contribution in [2.75, 3.05) is 0 Å². The summed E-state index contributed by atoms with van der Waals surface area (Å²) in [6, 6.07) is 0. The van der Waals surface area contributed by atoms with E-state index in [2.05, 4.69) is 10.3 Å². The largest absolute Gasteiger partial charge is 0.476 e. The van der Waals surface area contributed by atoms with Gasteiger partial charge in [0.05, 0.1) is 0 Å². The lowest BCUT2D eigenvalue weighted by Crippen LogP contribution is -2.28. The van der Waals surface area contributed by atoms with Crippen molar-refractivity contribution in [1.29, 1.82) is 0 Å². The maximum absolute atomic E-state index is 10.4. The van der Waals surface area contributed by atoms with Gasteiger partial charge in [-0.1, -0.05) is 24.2 Å². The third-order valence-electron chi connectivity index (χ3n) is 1.20. The molecular weight excluding hydrogens is 164 g/mol. The number of aliphatic carboxylic acids is 1. The van der Waals surface area contributed by atoms with E-state index in [0.717, 1.165) is 0 Å². The van der Waals surface area contributed by atoms with Gasteiger partial charge in [0.25, 0.3) is 0 Å². The third-order valence-corrected chi connectivity index (χ3v) is 1.20. The van der Waals surface area contributed by atoms with Gasteiger partial charge < -0.3 is 15.5 Å². The highest BCUT2D eigenvalue weighted by molar-refractivity contribution is 6.65. The number of carboxylic acids is 1. The maximum Gasteiger partial charge on any atom is 0.360 e. The lowest BCUT2D eigenvalue weighted by Gasteiger charge is -2.04. The van der Waals surface area contributed by atoms with Crippen molar-refractivity contribution in [2.45, 2.75) is 13.8 Å². The van der Waals surface area contributed by atoms with Crippen molar-refractivity contribution < 1.29 is 20.3 Å². The average molecular weight is 174 g/mol. The van der Waals surface area contributed by atoms with E-state index < -0.39 is 11.7 Å². The van der Waals surface area contributed by atoms with E-state index >= 15 is 0 Å². The fraction of sp³-hybridized carbons (Fsp3) is 0.500. The highest BCUT2D eigenvalue weighted by atomic mass is 16.4. The van der Waals surface area contributed by atoms with Crippen LogP contribution in [-0.4, -0.2) is 32.9 Å². The number of hydrogen-bond donors (Lipinski definition) is 3. The minimum absolute atomic E-state index is 0.162. The molecule has 0 aromatic rings. The Balaban J connectivity index is 4.85. The monoisotopic (exact) mass is 174 g/mol. The first-order valence-corrected chi connectivity index (χ1v) is 3.22. The Morgan fingerprint density at radius 2 is 1.75 bits per heavy atom. The van der Waals surface area contributed by atoms with Crippen LogP contribution in [-0.2, 0) is 4.79 Å². The third kappa shape index (κ3) is 2.22. The maximum atomic E-state index is 10.4. The fourth-order valence-corrected chi connectivity index (χ4v) is 0.640. The second-order valence-electron chi connectivity index (χ2n) is 2.39. The minimum Gasteiger partial charge on any atom is -0.476 e. The van der Waals surface area contributed by atoms with Crippen LogP contribution in [0.1, 0.15) is 13.8 Å². The van der Waals surface area contributed by atoms with Crippen molar-refractivity contribution in [2.24, 2.45) is 16.2 Å². The Bertz CT molecular complexity index is 232. The van der Waals surface area contributed by atoms with Crippen LogP contribution >= 0.6 is 0 Å². The van der Waals surface area contributed by atoms with Crippen LogP contribution < -0.4 is 0 Å². The number of oxime groups is 2. The van der Waals surface area contributed by atoms with Gasteiger partial charge in [-0.05, 0) is 0 Å². The van der Waals surface area contributed by atoms with E-state index in [1.54, 1.807) is 13.8 Å². The van der Waals surface area contributed by atoms with Crippen LogP contribution in [0.5, 0.6) is 0 Å². The summed E-state index contributed by atoms with van der Waals surface area (Å²) in [6.07, 6.45) is 0. The van der Waals surface area contributed by atoms with E-state index in [9.17, 15) is 4.79 Å². The molecule has 0 amide bonds. The van der Waals surface area contributed by atoms with Gasteiger partial charge in [0.2, 0.25) is 5.71 Å². The molecule has 0 aliphatic heterocycles. The summed E-state index contributed by atoms with van der Waals surface area (Å²) in [6.45, 7) is 3.23. The molecule has 0 saturated heterocycles. The summed E-state index contributed by atoms with van der Waals surface area (Å²) in [5.41, 5.74) is -0.808. The molecule has 0 aliphatic rings. The molecule has 0 spiro atoms. The summed E-state index contributed by atoms with van der Waals surface area (Å²) in [5, 5.41) is 30.3. The Morgan fingerprint density at radius 1 is 1.25 bits per heavy atom. The zero-order valence-electron chi connectivity index (χ0n) is 6.72. The van der Waals surface area contributed by atoms with E-state index in [1.165, 1.54) is 0 Å². The van der Waals surface area contributed by atoms with Crippen molar-refractivity contribution in [3.8, 4) is 0 Å². The van der Waals surface area contributed by atoms with Gasteiger partial charge in [0.15, 0.2) is 0 Å². The minimum atomic E-state index is -1.43. The SMILES string of the molecule is CC(C)C(=N\O)/C(=N/O)C(=O)O. The van der Waals surface area contributed by atoms with Gasteiger partial charge in [-0.3, -0.25) is 0 Å². The number of carbonyl (C=O) groups is 1. The molecule has 0 saturated carbocycles. The highest BCUT2D eigenvalue weighted by Gasteiger charge is 2.21. The lowest BCUT2D eigenvalue weighted by molar-refractivity contribution is -0.129. The predicted octanol–water partition coefficient (Wildman–Crippen LogP) is 0.387. The van der Waals surface area contributed by atoms with Crippen LogP contribution in [0.25, 0.3) is 0 Å². The summed E-state index contributed by atoms with van der Waals surface area (Å²) in [7, 11) is 0. The summed E-state index contributed by atoms with van der Waals surface area (Å²) in [4.78, 5) is 10.4. The molecule has 6 nitrogen and oxygen atoms in total. The summed E-state index contributed by atoms with van der Waals surface area (Å²) < 4.78 is 0. The second-order valence-corrected chi connectivity index (χ2v) is 2.39. The van der Waals surface area contributed by atoms with Crippen LogP contribution in [0.2, 0.25) is 0 Å². The molecule has 0 rings (SSSR count). The Labute approximate surface area is 68.8 Å². The standard InChI is InChI=1S/C6H10N2O4/c1-3(2)4(7-11)5(8-12)6(9)10/h3,11-12H,1-2H3,(H,9,10)/b7-4+,8-5-. The van der Waals surface area contributed by atoms with Gasteiger partial charge in [-0.15, -0.1) is 0 Å². The Kier molecular flexibility index (Phi) is 3.75. The molecule has 68 valence electrons. The molecular formula is C6H10N2O4. The predicted molar refractivity (Wildman–Crippen MR) is 40.9 cm³/mol. The second kappa shape index (κ2) is 4.32. The van der Waals surface area contributed by atoms with Gasteiger partial charge >= 0.3 is 5.97 Å². The van der Waals surface area contributed by atoms with Crippen LogP contribution in [0.15, 0.2) is 10.3 Å². The van der Waals surface area contributed by atoms with Gasteiger partial charge in [0.1, 0.15) is 5.71 Å². The molecule has 12 heavy (non-hydrogen) atoms. The first kappa shape index (κ1) is 10.4. The average Bonchev–Trinajstić information content (AvgIpc) is 1.98. The lowest BCUT2D eigenvalue weighted by atomic mass is 10.0. The normalized spacial score (nSPS) is 13.6. The first-order chi connectivity index (χ1) is 5.54. The van der Waals surface area contributed by atoms with Crippen molar-refractivity contribution in [1.82, 2.24) is 0 Å². The van der Waals surface area contributed by atoms with Crippen LogP contribution in [0.4, 0.5) is 0 Å². The molecule has 3 N–H and O–H groups in total. The summed E-state index contributed by atoms with van der Waals surface area (Å²) in [5.74, 6) is -1.75. The molecule has 0 heterocycles.